The van der Waals surface area contributed by atoms with E-state index in [0.29, 0.717) is 45.6 Å². The van der Waals surface area contributed by atoms with E-state index in [1.807, 2.05) is 30.3 Å². The highest BCUT2D eigenvalue weighted by atomic mass is 32.2. The predicted octanol–water partition coefficient (Wildman–Crippen LogP) is 1.93. The fourth-order valence-corrected chi connectivity index (χ4v) is 4.20. The van der Waals surface area contributed by atoms with Gasteiger partial charge in [-0.3, -0.25) is 0 Å². The molecule has 0 unspecified atom stereocenters. The molecule has 1 heterocycles. The van der Waals surface area contributed by atoms with Gasteiger partial charge in [-0.15, -0.1) is 0 Å². The maximum absolute atomic E-state index is 12.4. The monoisotopic (exact) mass is 352 g/mol. The first kappa shape index (κ1) is 18.9. The van der Waals surface area contributed by atoms with E-state index < -0.39 is 15.6 Å². The van der Waals surface area contributed by atoms with Gasteiger partial charge in [-0.25, -0.2) is 12.7 Å². The van der Waals surface area contributed by atoms with Crippen LogP contribution in [0.2, 0.25) is 0 Å². The molecular weight excluding hydrogens is 328 g/mol. The summed E-state index contributed by atoms with van der Waals surface area (Å²) in [4.78, 5) is 0. The molecule has 132 valence electrons. The van der Waals surface area contributed by atoms with Crippen LogP contribution in [0.25, 0.3) is 0 Å². The van der Waals surface area contributed by atoms with E-state index in [1.165, 1.54) is 11.4 Å². The van der Waals surface area contributed by atoms with Crippen LogP contribution in [-0.2, 0) is 26.1 Å². The van der Waals surface area contributed by atoms with Crippen LogP contribution in [0.15, 0.2) is 30.3 Å². The fourth-order valence-electron chi connectivity index (χ4n) is 2.72. The molecule has 7 heteroatoms. The van der Waals surface area contributed by atoms with Gasteiger partial charge in [0, 0.05) is 39.6 Å². The Labute approximate surface area is 144 Å². The Morgan fingerprint density at radius 3 is 2.50 bits per heavy atom. The zero-order chi connectivity index (χ0) is 17.5. The summed E-state index contributed by atoms with van der Waals surface area (Å²) in [7, 11) is -1.81. The van der Waals surface area contributed by atoms with Crippen molar-refractivity contribution in [3.63, 3.8) is 0 Å². The summed E-state index contributed by atoms with van der Waals surface area (Å²) in [6.07, 6.45) is 1.27. The Balaban J connectivity index is 1.71. The van der Waals surface area contributed by atoms with Crippen LogP contribution < -0.4 is 0 Å². The van der Waals surface area contributed by atoms with Gasteiger partial charge in [0.2, 0.25) is 10.0 Å². The Bertz CT molecular complexity index is 647. The van der Waals surface area contributed by atoms with E-state index in [-0.39, 0.29) is 5.75 Å². The maximum atomic E-state index is 12.4. The number of hydrogen-bond donors (Lipinski definition) is 0. The number of nitriles is 1. The molecule has 6 nitrogen and oxygen atoms in total. The quantitative estimate of drug-likeness (QED) is 0.668. The van der Waals surface area contributed by atoms with Gasteiger partial charge in [0.25, 0.3) is 0 Å². The third kappa shape index (κ3) is 5.02. The number of benzene rings is 1. The molecule has 0 radical (unpaired) electrons. The minimum absolute atomic E-state index is 0.0638. The molecule has 1 aliphatic heterocycles. The van der Waals surface area contributed by atoms with E-state index in [0.717, 1.165) is 5.56 Å². The molecule has 0 amide bonds. The zero-order valence-electron chi connectivity index (χ0n) is 14.0. The van der Waals surface area contributed by atoms with Crippen LogP contribution in [0.1, 0.15) is 24.8 Å². The number of rotatable bonds is 8. The lowest BCUT2D eigenvalue weighted by Crippen LogP contribution is -2.47. The molecular formula is C17H24N2O4S. The largest absolute Gasteiger partial charge is 0.377 e. The summed E-state index contributed by atoms with van der Waals surface area (Å²) in [5, 5.41) is 9.17. The van der Waals surface area contributed by atoms with Crippen LogP contribution in [-0.4, -0.2) is 50.9 Å². The summed E-state index contributed by atoms with van der Waals surface area (Å²) < 4.78 is 36.9. The molecule has 24 heavy (non-hydrogen) atoms. The molecule has 0 atom stereocenters. The molecule has 0 saturated carbocycles. The number of sulfonamides is 1. The van der Waals surface area contributed by atoms with Crippen molar-refractivity contribution in [2.75, 3.05) is 32.6 Å². The Morgan fingerprint density at radius 1 is 1.25 bits per heavy atom. The number of nitrogens with zero attached hydrogens (tertiary/aromatic N) is 2. The second-order valence-corrected chi connectivity index (χ2v) is 8.01. The molecule has 0 aliphatic carbocycles. The molecule has 1 saturated heterocycles. The van der Waals surface area contributed by atoms with Gasteiger partial charge in [0.05, 0.1) is 18.4 Å². The number of methoxy groups -OCH3 is 1. The van der Waals surface area contributed by atoms with Crippen molar-refractivity contribution < 1.29 is 17.9 Å². The van der Waals surface area contributed by atoms with E-state index in [2.05, 4.69) is 6.07 Å². The van der Waals surface area contributed by atoms with Crippen molar-refractivity contribution in [2.24, 2.45) is 0 Å². The summed E-state index contributed by atoms with van der Waals surface area (Å²) in [6, 6.07) is 11.9. The van der Waals surface area contributed by atoms with Crippen molar-refractivity contribution in [3.8, 4) is 6.07 Å². The van der Waals surface area contributed by atoms with Crippen molar-refractivity contribution in [1.29, 1.82) is 5.26 Å². The zero-order valence-corrected chi connectivity index (χ0v) is 14.8. The van der Waals surface area contributed by atoms with Gasteiger partial charge >= 0.3 is 0 Å². The maximum Gasteiger partial charge on any atom is 0.214 e. The minimum Gasteiger partial charge on any atom is -0.377 e. The molecule has 1 aromatic rings. The van der Waals surface area contributed by atoms with E-state index in [4.69, 9.17) is 14.7 Å². The van der Waals surface area contributed by atoms with Crippen molar-refractivity contribution in [2.45, 2.75) is 31.5 Å². The van der Waals surface area contributed by atoms with Crippen molar-refractivity contribution in [1.82, 2.24) is 4.31 Å². The van der Waals surface area contributed by atoms with Crippen LogP contribution >= 0.6 is 0 Å². The normalized spacial score (nSPS) is 18.2. The average Bonchev–Trinajstić information content (AvgIpc) is 2.62. The topological polar surface area (TPSA) is 79.6 Å². The molecule has 1 aromatic carbocycles. The van der Waals surface area contributed by atoms with Crippen molar-refractivity contribution in [3.05, 3.63) is 35.9 Å². The van der Waals surface area contributed by atoms with E-state index in [1.54, 1.807) is 0 Å². The van der Waals surface area contributed by atoms with E-state index in [9.17, 15) is 8.42 Å². The smallest absolute Gasteiger partial charge is 0.214 e. The standard InChI is InChI=1S/C17H24N2O4S/c1-22-17(15-18)8-10-19(11-9-17)24(20,21)13-5-12-23-14-16-6-3-2-4-7-16/h2-4,6-7H,5,8-14H2,1H3. The highest BCUT2D eigenvalue weighted by Gasteiger charge is 2.38. The van der Waals surface area contributed by atoms with Crippen LogP contribution in [0, 0.1) is 11.3 Å². The first-order valence-corrected chi connectivity index (χ1v) is 9.68. The Kier molecular flexibility index (Phi) is 6.75. The highest BCUT2D eigenvalue weighted by Crippen LogP contribution is 2.26. The highest BCUT2D eigenvalue weighted by molar-refractivity contribution is 7.89. The minimum atomic E-state index is -3.31. The van der Waals surface area contributed by atoms with E-state index >= 15 is 0 Å². The van der Waals surface area contributed by atoms with Crippen molar-refractivity contribution >= 4 is 10.0 Å². The molecule has 0 N–H and O–H groups in total. The lowest BCUT2D eigenvalue weighted by atomic mass is 9.94. The molecule has 0 bridgehead atoms. The third-order valence-corrected chi connectivity index (χ3v) is 6.28. The van der Waals surface area contributed by atoms with Gasteiger partial charge in [-0.1, -0.05) is 30.3 Å². The summed E-state index contributed by atoms with van der Waals surface area (Å²) in [5.74, 6) is 0.0638. The first-order valence-electron chi connectivity index (χ1n) is 8.07. The van der Waals surface area contributed by atoms with Gasteiger partial charge in [-0.05, 0) is 12.0 Å². The lowest BCUT2D eigenvalue weighted by molar-refractivity contribution is 0.000693. The van der Waals surface area contributed by atoms with Gasteiger partial charge in [0.1, 0.15) is 0 Å². The number of ether oxygens (including phenoxy) is 2. The fraction of sp³-hybridized carbons (Fsp3) is 0.588. The van der Waals surface area contributed by atoms with Crippen LogP contribution in [0.4, 0.5) is 0 Å². The second kappa shape index (κ2) is 8.58. The van der Waals surface area contributed by atoms with Gasteiger partial charge in [-0.2, -0.15) is 5.26 Å². The first-order chi connectivity index (χ1) is 11.5. The molecule has 1 fully saturated rings. The third-order valence-electron chi connectivity index (χ3n) is 4.32. The summed E-state index contributed by atoms with van der Waals surface area (Å²) in [5.41, 5.74) is 0.231. The average molecular weight is 352 g/mol. The Hall–Kier alpha value is -1.46. The molecule has 0 spiro atoms. The van der Waals surface area contributed by atoms with Gasteiger partial charge in [0.15, 0.2) is 5.60 Å². The summed E-state index contributed by atoms with van der Waals surface area (Å²) in [6.45, 7) is 1.55. The molecule has 2 rings (SSSR count). The summed E-state index contributed by atoms with van der Waals surface area (Å²) >= 11 is 0. The van der Waals surface area contributed by atoms with Crippen LogP contribution in [0.5, 0.6) is 0 Å². The Morgan fingerprint density at radius 2 is 1.92 bits per heavy atom. The lowest BCUT2D eigenvalue weighted by Gasteiger charge is -2.35. The van der Waals surface area contributed by atoms with Gasteiger partial charge < -0.3 is 9.47 Å². The molecule has 1 aliphatic rings. The SMILES string of the molecule is COC1(C#N)CCN(S(=O)(=O)CCCOCc2ccccc2)CC1. The second-order valence-electron chi connectivity index (χ2n) is 5.92. The van der Waals surface area contributed by atoms with Crippen LogP contribution in [0.3, 0.4) is 0 Å². The number of hydrogen-bond acceptors (Lipinski definition) is 5. The molecule has 0 aromatic heterocycles. The predicted molar refractivity (Wildman–Crippen MR) is 90.7 cm³/mol. The number of piperidine rings is 1.